The zero-order valence-electron chi connectivity index (χ0n) is 21.5. The number of ether oxygens (including phenoxy) is 1. The molecule has 2 fully saturated rings. The van der Waals surface area contributed by atoms with Crippen LogP contribution in [0.25, 0.3) is 17.0 Å². The Hall–Kier alpha value is -3.77. The van der Waals surface area contributed by atoms with E-state index in [1.807, 2.05) is 65.6 Å². The van der Waals surface area contributed by atoms with E-state index >= 15 is 0 Å². The van der Waals surface area contributed by atoms with Gasteiger partial charge in [-0.3, -0.25) is 9.69 Å². The normalized spacial score (nSPS) is 18.3. The Morgan fingerprint density at radius 3 is 2.39 bits per heavy atom. The summed E-state index contributed by atoms with van der Waals surface area (Å²) in [4.78, 5) is 21.4. The van der Waals surface area contributed by atoms with Gasteiger partial charge in [-0.1, -0.05) is 67.4 Å². The molecule has 1 aromatic heterocycles. The van der Waals surface area contributed by atoms with E-state index < -0.39 is 0 Å². The number of para-hydroxylation sites is 3. The summed E-state index contributed by atoms with van der Waals surface area (Å²) in [6.45, 7) is 3.42. The van der Waals surface area contributed by atoms with Gasteiger partial charge in [0.15, 0.2) is 5.17 Å². The predicted molar refractivity (Wildman–Crippen MR) is 157 cm³/mol. The smallest absolute Gasteiger partial charge is 0.267 e. The predicted octanol–water partition coefficient (Wildman–Crippen LogP) is 7.58. The van der Waals surface area contributed by atoms with Gasteiger partial charge in [0.25, 0.3) is 5.91 Å². The molecule has 3 aromatic carbocycles. The number of rotatable bonds is 7. The molecule has 1 aliphatic heterocycles. The van der Waals surface area contributed by atoms with E-state index in [1.165, 1.54) is 11.8 Å². The second kappa shape index (κ2) is 10.9. The van der Waals surface area contributed by atoms with Gasteiger partial charge in [0, 0.05) is 28.2 Å². The van der Waals surface area contributed by atoms with Crippen LogP contribution >= 0.6 is 11.8 Å². The Bertz CT molecular complexity index is 1500. The molecule has 5 nitrogen and oxygen atoms in total. The first kappa shape index (κ1) is 24.6. The van der Waals surface area contributed by atoms with Gasteiger partial charge in [0.2, 0.25) is 0 Å². The lowest BCUT2D eigenvalue weighted by Gasteiger charge is -2.22. The first-order chi connectivity index (χ1) is 18.7. The lowest BCUT2D eigenvalue weighted by atomic mass is 10.1. The highest BCUT2D eigenvalue weighted by atomic mass is 32.2. The average molecular weight is 522 g/mol. The molecule has 4 aromatic rings. The topological polar surface area (TPSA) is 46.8 Å². The van der Waals surface area contributed by atoms with Crippen LogP contribution < -0.4 is 4.74 Å². The number of amidine groups is 1. The quantitative estimate of drug-likeness (QED) is 0.236. The fraction of sp³-hybridized carbons (Fsp3) is 0.250. The molecule has 0 unspecified atom stereocenters. The van der Waals surface area contributed by atoms with Gasteiger partial charge in [-0.25, -0.2) is 4.99 Å². The standard InChI is InChI=1S/C32H31N3O2S/c1-23-28(27-18-10-11-19-29(27)34(23)20-21-37-26-16-6-3-7-17-26)22-30-31(36)35(25-14-8-9-15-25)32(38-30)33-24-12-4-2-5-13-24/h2-7,10-13,16-19,22,25H,8-9,14-15,20-21H2,1H3. The first-order valence-electron chi connectivity index (χ1n) is 13.3. The third kappa shape index (κ3) is 4.88. The van der Waals surface area contributed by atoms with Gasteiger partial charge in [-0.15, -0.1) is 0 Å². The van der Waals surface area contributed by atoms with Gasteiger partial charge in [-0.05, 0) is 67.9 Å². The van der Waals surface area contributed by atoms with Gasteiger partial charge in [0.1, 0.15) is 12.4 Å². The number of carbonyl (C=O) groups excluding carboxylic acids is 1. The fourth-order valence-electron chi connectivity index (χ4n) is 5.49. The summed E-state index contributed by atoms with van der Waals surface area (Å²) < 4.78 is 8.29. The Morgan fingerprint density at radius 2 is 1.63 bits per heavy atom. The average Bonchev–Trinajstić information content (AvgIpc) is 3.64. The van der Waals surface area contributed by atoms with Crippen LogP contribution in [0.5, 0.6) is 5.75 Å². The van der Waals surface area contributed by atoms with Crippen molar-refractivity contribution in [2.24, 2.45) is 4.99 Å². The molecule has 2 heterocycles. The number of benzene rings is 3. The SMILES string of the molecule is Cc1c(C=C2SC(=Nc3ccccc3)N(C3CCCC3)C2=O)c2ccccc2n1CCOc1ccccc1. The van der Waals surface area contributed by atoms with Crippen LogP contribution in [0.3, 0.4) is 0 Å². The van der Waals surface area contributed by atoms with Crippen molar-refractivity contribution in [3.05, 3.63) is 101 Å². The van der Waals surface area contributed by atoms with E-state index in [4.69, 9.17) is 9.73 Å². The van der Waals surface area contributed by atoms with Crippen molar-refractivity contribution in [3.8, 4) is 5.75 Å². The van der Waals surface area contributed by atoms with Crippen LogP contribution in [0.15, 0.2) is 94.8 Å². The fourth-order valence-corrected chi connectivity index (χ4v) is 6.53. The molecule has 1 amide bonds. The number of amides is 1. The molecule has 192 valence electrons. The Morgan fingerprint density at radius 1 is 0.947 bits per heavy atom. The largest absolute Gasteiger partial charge is 0.492 e. The summed E-state index contributed by atoms with van der Waals surface area (Å²) in [5.41, 5.74) is 4.24. The van der Waals surface area contributed by atoms with Gasteiger partial charge in [0.05, 0.1) is 17.1 Å². The Kier molecular flexibility index (Phi) is 7.06. The van der Waals surface area contributed by atoms with Crippen LogP contribution in [-0.4, -0.2) is 33.2 Å². The summed E-state index contributed by atoms with van der Waals surface area (Å²) in [5.74, 6) is 0.939. The van der Waals surface area contributed by atoms with E-state index in [-0.39, 0.29) is 11.9 Å². The zero-order valence-corrected chi connectivity index (χ0v) is 22.4. The Labute approximate surface area is 227 Å². The number of nitrogens with zero attached hydrogens (tertiary/aromatic N) is 3. The van der Waals surface area contributed by atoms with Crippen LogP contribution in [0.2, 0.25) is 0 Å². The molecule has 0 spiro atoms. The molecule has 1 saturated heterocycles. The third-order valence-corrected chi connectivity index (χ3v) is 8.37. The maximum atomic E-state index is 13.8. The van der Waals surface area contributed by atoms with Crippen LogP contribution in [0, 0.1) is 6.92 Å². The van der Waals surface area contributed by atoms with Crippen molar-refractivity contribution in [2.45, 2.75) is 45.2 Å². The molecule has 6 rings (SSSR count). The van der Waals surface area contributed by atoms with Gasteiger partial charge < -0.3 is 9.30 Å². The third-order valence-electron chi connectivity index (χ3n) is 7.39. The highest BCUT2D eigenvalue weighted by Crippen LogP contribution is 2.40. The molecule has 1 saturated carbocycles. The lowest BCUT2D eigenvalue weighted by Crippen LogP contribution is -2.37. The summed E-state index contributed by atoms with van der Waals surface area (Å²) in [6, 6.07) is 28.5. The van der Waals surface area contributed by atoms with Crippen molar-refractivity contribution < 1.29 is 9.53 Å². The number of thioether (sulfide) groups is 1. The van der Waals surface area contributed by atoms with Crippen molar-refractivity contribution >= 4 is 45.5 Å². The summed E-state index contributed by atoms with van der Waals surface area (Å²) in [7, 11) is 0. The first-order valence-corrected chi connectivity index (χ1v) is 14.1. The van der Waals surface area contributed by atoms with E-state index in [0.717, 1.165) is 75.9 Å². The maximum Gasteiger partial charge on any atom is 0.267 e. The molecular weight excluding hydrogens is 490 g/mol. The lowest BCUT2D eigenvalue weighted by molar-refractivity contribution is -0.123. The number of aliphatic imine (C=N–C) groups is 1. The molecule has 0 radical (unpaired) electrons. The van der Waals surface area contributed by atoms with E-state index in [0.29, 0.717) is 6.61 Å². The molecule has 0 N–H and O–H groups in total. The monoisotopic (exact) mass is 521 g/mol. The summed E-state index contributed by atoms with van der Waals surface area (Å²) in [6.07, 6.45) is 6.47. The minimum absolute atomic E-state index is 0.0697. The van der Waals surface area contributed by atoms with Crippen molar-refractivity contribution in [2.75, 3.05) is 6.61 Å². The molecule has 1 aliphatic carbocycles. The minimum atomic E-state index is 0.0697. The second-order valence-electron chi connectivity index (χ2n) is 9.78. The van der Waals surface area contributed by atoms with E-state index in [9.17, 15) is 4.79 Å². The number of carbonyl (C=O) groups is 1. The zero-order chi connectivity index (χ0) is 25.9. The summed E-state index contributed by atoms with van der Waals surface area (Å²) in [5, 5.41) is 1.93. The molecule has 6 heteroatoms. The van der Waals surface area contributed by atoms with Crippen LogP contribution in [-0.2, 0) is 11.3 Å². The van der Waals surface area contributed by atoms with Crippen LogP contribution in [0.1, 0.15) is 36.9 Å². The van der Waals surface area contributed by atoms with Gasteiger partial charge >= 0.3 is 0 Å². The van der Waals surface area contributed by atoms with Gasteiger partial charge in [-0.2, -0.15) is 0 Å². The molecular formula is C32H31N3O2S. The molecule has 38 heavy (non-hydrogen) atoms. The maximum absolute atomic E-state index is 13.8. The highest BCUT2D eigenvalue weighted by Gasteiger charge is 2.39. The van der Waals surface area contributed by atoms with E-state index in [1.54, 1.807) is 0 Å². The number of hydrogen-bond donors (Lipinski definition) is 0. The molecule has 0 bridgehead atoms. The van der Waals surface area contributed by atoms with E-state index in [2.05, 4.69) is 41.8 Å². The van der Waals surface area contributed by atoms with Crippen molar-refractivity contribution in [3.63, 3.8) is 0 Å². The van der Waals surface area contributed by atoms with Crippen molar-refractivity contribution in [1.29, 1.82) is 0 Å². The molecule has 0 atom stereocenters. The van der Waals surface area contributed by atoms with Crippen molar-refractivity contribution in [1.82, 2.24) is 9.47 Å². The number of aromatic nitrogens is 1. The number of fused-ring (bicyclic) bond motifs is 1. The minimum Gasteiger partial charge on any atom is -0.492 e. The Balaban J connectivity index is 1.34. The number of hydrogen-bond acceptors (Lipinski definition) is 4. The molecule has 2 aliphatic rings. The highest BCUT2D eigenvalue weighted by molar-refractivity contribution is 8.18. The second-order valence-corrected chi connectivity index (χ2v) is 10.8. The summed E-state index contributed by atoms with van der Waals surface area (Å²) >= 11 is 1.50. The van der Waals surface area contributed by atoms with Crippen LogP contribution in [0.4, 0.5) is 5.69 Å².